The standard InChI is InChI=1S/C51H50N2/c1-51(2)47-32-38(36-16-8-4-9-17-36)24-29-43(47)44-30-27-42(34-48(44)51)52(40-25-22-37(23-26-40)35-14-6-3-7-15-35)41-28-31-50-46(33-41)45-20-12-13-21-49(45)53(50)39-18-10-5-11-19-39/h5,10-13,18-36H,3-4,6-9,14-17H2,1-2H3. The first-order valence-electron chi connectivity index (χ1n) is 20.3. The molecule has 53 heavy (non-hydrogen) atoms. The summed E-state index contributed by atoms with van der Waals surface area (Å²) in [5, 5.41) is 2.55. The maximum absolute atomic E-state index is 2.57. The van der Waals surface area contributed by atoms with Gasteiger partial charge in [-0.15, -0.1) is 0 Å². The van der Waals surface area contributed by atoms with Gasteiger partial charge in [-0.3, -0.25) is 0 Å². The highest BCUT2D eigenvalue weighted by Crippen LogP contribution is 2.52. The molecule has 3 aliphatic carbocycles. The van der Waals surface area contributed by atoms with E-state index in [2.05, 4.69) is 157 Å². The van der Waals surface area contributed by atoms with Crippen LogP contribution in [0.5, 0.6) is 0 Å². The molecule has 0 saturated heterocycles. The normalized spacial score (nSPS) is 17.2. The lowest BCUT2D eigenvalue weighted by Crippen LogP contribution is -2.17. The van der Waals surface area contributed by atoms with Gasteiger partial charge in [0.15, 0.2) is 0 Å². The van der Waals surface area contributed by atoms with Gasteiger partial charge in [-0.05, 0) is 132 Å². The van der Waals surface area contributed by atoms with Crippen LogP contribution in [0.15, 0.2) is 133 Å². The van der Waals surface area contributed by atoms with Crippen LogP contribution in [0.4, 0.5) is 17.1 Å². The van der Waals surface area contributed by atoms with Crippen molar-refractivity contribution in [2.24, 2.45) is 0 Å². The molecule has 1 aromatic heterocycles. The fraction of sp³-hybridized carbons (Fsp3) is 0.294. The average Bonchev–Trinajstić information content (AvgIpc) is 3.67. The van der Waals surface area contributed by atoms with Crippen LogP contribution in [-0.4, -0.2) is 4.57 Å². The fourth-order valence-corrected chi connectivity index (χ4v) is 10.3. The molecule has 0 aliphatic heterocycles. The molecule has 10 rings (SSSR count). The Hall–Kier alpha value is -5.08. The second-order valence-corrected chi connectivity index (χ2v) is 16.6. The summed E-state index contributed by atoms with van der Waals surface area (Å²) in [5.74, 6) is 1.39. The monoisotopic (exact) mass is 690 g/mol. The minimum absolute atomic E-state index is 0.0745. The maximum atomic E-state index is 2.57. The lowest BCUT2D eigenvalue weighted by atomic mass is 9.79. The van der Waals surface area contributed by atoms with Crippen LogP contribution < -0.4 is 4.90 Å². The van der Waals surface area contributed by atoms with Crippen molar-refractivity contribution in [3.05, 3.63) is 156 Å². The molecule has 2 saturated carbocycles. The predicted octanol–water partition coefficient (Wildman–Crippen LogP) is 14.7. The first-order valence-corrected chi connectivity index (χ1v) is 20.3. The van der Waals surface area contributed by atoms with Crippen molar-refractivity contribution in [2.45, 2.75) is 95.3 Å². The molecule has 2 heteroatoms. The van der Waals surface area contributed by atoms with E-state index in [4.69, 9.17) is 0 Å². The molecule has 2 fully saturated rings. The van der Waals surface area contributed by atoms with E-state index in [9.17, 15) is 0 Å². The second-order valence-electron chi connectivity index (χ2n) is 16.6. The van der Waals surface area contributed by atoms with Crippen LogP contribution in [0.25, 0.3) is 38.6 Å². The fourth-order valence-electron chi connectivity index (χ4n) is 10.3. The Morgan fingerprint density at radius 3 is 1.75 bits per heavy atom. The van der Waals surface area contributed by atoms with Gasteiger partial charge in [0, 0.05) is 38.9 Å². The summed E-state index contributed by atoms with van der Waals surface area (Å²) in [4.78, 5) is 2.51. The van der Waals surface area contributed by atoms with Crippen LogP contribution in [-0.2, 0) is 5.41 Å². The summed E-state index contributed by atoms with van der Waals surface area (Å²) in [6.07, 6.45) is 13.5. The maximum Gasteiger partial charge on any atom is 0.0542 e. The number of nitrogens with zero attached hydrogens (tertiary/aromatic N) is 2. The van der Waals surface area contributed by atoms with Gasteiger partial charge in [0.1, 0.15) is 0 Å². The van der Waals surface area contributed by atoms with Gasteiger partial charge in [0.05, 0.1) is 11.0 Å². The number of aromatic nitrogens is 1. The number of benzene rings is 6. The number of anilines is 3. The number of hydrogen-bond acceptors (Lipinski definition) is 1. The van der Waals surface area contributed by atoms with E-state index >= 15 is 0 Å². The third-order valence-electron chi connectivity index (χ3n) is 13.2. The SMILES string of the molecule is CC1(C)c2cc(C3CCCCC3)ccc2-c2ccc(N(c3ccc(C4CCCCC4)cc3)c3ccc4c(c3)c3ccccc3n4-c3ccccc3)cc21. The molecule has 0 atom stereocenters. The van der Waals surface area contributed by atoms with E-state index in [0.29, 0.717) is 11.8 Å². The highest BCUT2D eigenvalue weighted by Gasteiger charge is 2.37. The minimum Gasteiger partial charge on any atom is -0.310 e. The lowest BCUT2D eigenvalue weighted by molar-refractivity contribution is 0.443. The zero-order chi connectivity index (χ0) is 35.5. The highest BCUT2D eigenvalue weighted by molar-refractivity contribution is 6.10. The molecule has 0 N–H and O–H groups in total. The topological polar surface area (TPSA) is 8.17 Å². The summed E-state index contributed by atoms with van der Waals surface area (Å²) >= 11 is 0. The van der Waals surface area contributed by atoms with Gasteiger partial charge in [-0.25, -0.2) is 0 Å². The lowest BCUT2D eigenvalue weighted by Gasteiger charge is -2.29. The first kappa shape index (κ1) is 32.6. The van der Waals surface area contributed by atoms with Crippen LogP contribution in [0.2, 0.25) is 0 Å². The van der Waals surface area contributed by atoms with E-state index in [1.807, 2.05) is 0 Å². The van der Waals surface area contributed by atoms with Crippen LogP contribution in [0, 0.1) is 0 Å². The molecule has 0 bridgehead atoms. The number of para-hydroxylation sites is 2. The Bertz CT molecular complexity index is 2440. The van der Waals surface area contributed by atoms with Crippen molar-refractivity contribution in [3.8, 4) is 16.8 Å². The summed E-state index contributed by atoms with van der Waals surface area (Å²) < 4.78 is 2.41. The Morgan fingerprint density at radius 2 is 1.02 bits per heavy atom. The minimum atomic E-state index is -0.0745. The van der Waals surface area contributed by atoms with Crippen molar-refractivity contribution in [2.75, 3.05) is 4.90 Å². The molecule has 0 spiro atoms. The van der Waals surface area contributed by atoms with E-state index in [1.165, 1.54) is 137 Å². The molecule has 0 radical (unpaired) electrons. The summed E-state index contributed by atoms with van der Waals surface area (Å²) in [7, 11) is 0. The van der Waals surface area contributed by atoms with Gasteiger partial charge in [-0.1, -0.05) is 125 Å². The molecule has 3 aliphatic rings. The van der Waals surface area contributed by atoms with Gasteiger partial charge >= 0.3 is 0 Å². The molecular formula is C51H50N2. The zero-order valence-electron chi connectivity index (χ0n) is 31.3. The Balaban J connectivity index is 1.11. The van der Waals surface area contributed by atoms with Gasteiger partial charge < -0.3 is 9.47 Å². The van der Waals surface area contributed by atoms with Crippen LogP contribution in [0.1, 0.15) is 112 Å². The molecule has 0 amide bonds. The summed E-state index contributed by atoms with van der Waals surface area (Å²) in [6.45, 7) is 4.89. The van der Waals surface area contributed by atoms with Crippen molar-refractivity contribution in [1.29, 1.82) is 0 Å². The van der Waals surface area contributed by atoms with E-state index in [0.717, 1.165) is 0 Å². The Morgan fingerprint density at radius 1 is 0.472 bits per heavy atom. The quantitative estimate of drug-likeness (QED) is 0.169. The number of hydrogen-bond donors (Lipinski definition) is 0. The van der Waals surface area contributed by atoms with Crippen molar-refractivity contribution in [1.82, 2.24) is 4.57 Å². The number of rotatable bonds is 6. The van der Waals surface area contributed by atoms with Gasteiger partial charge in [-0.2, -0.15) is 0 Å². The van der Waals surface area contributed by atoms with Gasteiger partial charge in [0.2, 0.25) is 0 Å². The smallest absolute Gasteiger partial charge is 0.0542 e. The predicted molar refractivity (Wildman–Crippen MR) is 225 cm³/mol. The Labute approximate surface area is 315 Å². The molecular weight excluding hydrogens is 641 g/mol. The van der Waals surface area contributed by atoms with E-state index in [-0.39, 0.29) is 5.41 Å². The summed E-state index contributed by atoms with van der Waals surface area (Å²) in [5.41, 5.74) is 16.0. The molecule has 2 nitrogen and oxygen atoms in total. The largest absolute Gasteiger partial charge is 0.310 e. The average molecular weight is 691 g/mol. The van der Waals surface area contributed by atoms with Crippen LogP contribution in [0.3, 0.4) is 0 Å². The second kappa shape index (κ2) is 13.1. The Kier molecular flexibility index (Phi) is 8.05. The zero-order valence-corrected chi connectivity index (χ0v) is 31.3. The molecule has 6 aromatic carbocycles. The molecule has 264 valence electrons. The van der Waals surface area contributed by atoms with Crippen molar-refractivity contribution < 1.29 is 0 Å². The number of fused-ring (bicyclic) bond motifs is 6. The van der Waals surface area contributed by atoms with E-state index < -0.39 is 0 Å². The van der Waals surface area contributed by atoms with Crippen molar-refractivity contribution in [3.63, 3.8) is 0 Å². The van der Waals surface area contributed by atoms with Gasteiger partial charge in [0.25, 0.3) is 0 Å². The molecule has 7 aromatic rings. The molecule has 0 unspecified atom stereocenters. The first-order chi connectivity index (χ1) is 26.0. The third kappa shape index (κ3) is 5.52. The van der Waals surface area contributed by atoms with Crippen molar-refractivity contribution >= 4 is 38.9 Å². The van der Waals surface area contributed by atoms with Crippen LogP contribution >= 0.6 is 0 Å². The van der Waals surface area contributed by atoms with E-state index in [1.54, 1.807) is 5.56 Å². The highest BCUT2D eigenvalue weighted by atomic mass is 15.1. The molecule has 1 heterocycles. The third-order valence-corrected chi connectivity index (χ3v) is 13.2. The summed E-state index contributed by atoms with van der Waals surface area (Å²) in [6, 6.07) is 51.0.